The molecule has 1 heterocycles. The zero-order chi connectivity index (χ0) is 11.7. The number of hydrogen-bond donors (Lipinski definition) is 1. The fraction of sp³-hybridized carbons (Fsp3) is 0.462. The first kappa shape index (κ1) is 11.5. The van der Waals surface area contributed by atoms with Crippen molar-refractivity contribution >= 4 is 23.2 Å². The Labute approximate surface area is 101 Å². The van der Waals surface area contributed by atoms with E-state index in [1.165, 1.54) is 5.56 Å². The molecule has 3 heteroatoms. The average Bonchev–Trinajstić information content (AvgIpc) is 2.18. The van der Waals surface area contributed by atoms with Crippen molar-refractivity contribution < 1.29 is 4.79 Å². The molecular formula is C13H16ClNO. The van der Waals surface area contributed by atoms with Crippen molar-refractivity contribution in [2.45, 2.75) is 32.6 Å². The number of fused-ring (bicyclic) bond motifs is 1. The van der Waals surface area contributed by atoms with Gasteiger partial charge in [-0.1, -0.05) is 25.4 Å². The van der Waals surface area contributed by atoms with E-state index in [2.05, 4.69) is 19.2 Å². The van der Waals surface area contributed by atoms with Gasteiger partial charge in [-0.3, -0.25) is 4.79 Å². The molecule has 0 aromatic heterocycles. The predicted molar refractivity (Wildman–Crippen MR) is 66.9 cm³/mol. The lowest BCUT2D eigenvalue weighted by Crippen LogP contribution is -2.23. The highest BCUT2D eigenvalue weighted by Gasteiger charge is 2.25. The third kappa shape index (κ3) is 2.38. The maximum absolute atomic E-state index is 11.6. The van der Waals surface area contributed by atoms with Crippen LogP contribution in [-0.2, 0) is 4.79 Å². The maximum atomic E-state index is 11.6. The largest absolute Gasteiger partial charge is 0.326 e. The molecule has 0 saturated heterocycles. The standard InChI is InChI=1S/C13H16ClNO/c1-8(2)5-9-6-13(16)15-12-4-3-10(14)7-11(9)12/h3-4,7-9H,5-6H2,1-2H3,(H,15,16). The van der Waals surface area contributed by atoms with Gasteiger partial charge in [-0.2, -0.15) is 0 Å². The number of benzene rings is 1. The SMILES string of the molecule is CC(C)CC1CC(=O)Nc2ccc(Cl)cc21. The molecule has 1 N–H and O–H groups in total. The number of nitrogens with one attached hydrogen (secondary N) is 1. The zero-order valence-electron chi connectivity index (χ0n) is 9.59. The van der Waals surface area contributed by atoms with Crippen molar-refractivity contribution in [2.75, 3.05) is 5.32 Å². The van der Waals surface area contributed by atoms with E-state index in [4.69, 9.17) is 11.6 Å². The molecule has 1 atom stereocenters. The molecule has 0 spiro atoms. The molecule has 16 heavy (non-hydrogen) atoms. The molecule has 1 aliphatic heterocycles. The Morgan fingerprint density at radius 1 is 1.50 bits per heavy atom. The van der Waals surface area contributed by atoms with Crippen LogP contribution in [0, 0.1) is 5.92 Å². The summed E-state index contributed by atoms with van der Waals surface area (Å²) < 4.78 is 0. The second-order valence-electron chi connectivity index (χ2n) is 4.81. The Kier molecular flexibility index (Phi) is 3.20. The molecule has 1 aliphatic rings. The summed E-state index contributed by atoms with van der Waals surface area (Å²) in [5.74, 6) is 1.01. The molecule has 1 amide bonds. The fourth-order valence-electron chi connectivity index (χ4n) is 2.30. The van der Waals surface area contributed by atoms with E-state index in [9.17, 15) is 4.79 Å². The lowest BCUT2D eigenvalue weighted by Gasteiger charge is -2.27. The minimum Gasteiger partial charge on any atom is -0.326 e. The third-order valence-corrected chi connectivity index (χ3v) is 3.15. The topological polar surface area (TPSA) is 29.1 Å². The Hall–Kier alpha value is -1.02. The quantitative estimate of drug-likeness (QED) is 0.833. The van der Waals surface area contributed by atoms with E-state index in [1.54, 1.807) is 0 Å². The number of amides is 1. The Morgan fingerprint density at radius 2 is 2.25 bits per heavy atom. The van der Waals surface area contributed by atoms with Gasteiger partial charge in [0.1, 0.15) is 0 Å². The summed E-state index contributed by atoms with van der Waals surface area (Å²) in [5.41, 5.74) is 2.10. The number of hydrogen-bond acceptors (Lipinski definition) is 1. The van der Waals surface area contributed by atoms with E-state index < -0.39 is 0 Å². The summed E-state index contributed by atoms with van der Waals surface area (Å²) in [6, 6.07) is 5.68. The van der Waals surface area contributed by atoms with Crippen LogP contribution in [0.5, 0.6) is 0 Å². The number of anilines is 1. The van der Waals surface area contributed by atoms with Gasteiger partial charge in [-0.15, -0.1) is 0 Å². The monoisotopic (exact) mass is 237 g/mol. The van der Waals surface area contributed by atoms with E-state index >= 15 is 0 Å². The van der Waals surface area contributed by atoms with Crippen molar-refractivity contribution in [1.29, 1.82) is 0 Å². The highest BCUT2D eigenvalue weighted by molar-refractivity contribution is 6.30. The summed E-state index contributed by atoms with van der Waals surface area (Å²) in [4.78, 5) is 11.6. The van der Waals surface area contributed by atoms with Crippen LogP contribution in [0.2, 0.25) is 5.02 Å². The van der Waals surface area contributed by atoms with Gasteiger partial charge >= 0.3 is 0 Å². The van der Waals surface area contributed by atoms with Crippen LogP contribution in [-0.4, -0.2) is 5.91 Å². The van der Waals surface area contributed by atoms with Gasteiger partial charge < -0.3 is 5.32 Å². The molecule has 0 saturated carbocycles. The van der Waals surface area contributed by atoms with Crippen LogP contribution in [0.3, 0.4) is 0 Å². The lowest BCUT2D eigenvalue weighted by molar-refractivity contribution is -0.116. The van der Waals surface area contributed by atoms with Crippen molar-refractivity contribution in [2.24, 2.45) is 5.92 Å². The lowest BCUT2D eigenvalue weighted by atomic mass is 9.84. The molecule has 2 nitrogen and oxygen atoms in total. The van der Waals surface area contributed by atoms with Gasteiger partial charge in [0.05, 0.1) is 0 Å². The van der Waals surface area contributed by atoms with E-state index in [0.717, 1.165) is 17.1 Å². The summed E-state index contributed by atoms with van der Waals surface area (Å²) in [7, 11) is 0. The Bertz CT molecular complexity index is 414. The first-order valence-corrected chi connectivity index (χ1v) is 6.03. The summed E-state index contributed by atoms with van der Waals surface area (Å²) in [5, 5.41) is 3.63. The molecule has 1 unspecified atom stereocenters. The van der Waals surface area contributed by atoms with Crippen LogP contribution in [0.25, 0.3) is 0 Å². The van der Waals surface area contributed by atoms with Crippen molar-refractivity contribution in [3.63, 3.8) is 0 Å². The zero-order valence-corrected chi connectivity index (χ0v) is 10.3. The fourth-order valence-corrected chi connectivity index (χ4v) is 2.48. The summed E-state index contributed by atoms with van der Waals surface area (Å²) in [6.45, 7) is 4.35. The molecule has 1 aromatic carbocycles. The summed E-state index contributed by atoms with van der Waals surface area (Å²) >= 11 is 6.00. The van der Waals surface area contributed by atoms with E-state index in [-0.39, 0.29) is 5.91 Å². The maximum Gasteiger partial charge on any atom is 0.224 e. The molecule has 86 valence electrons. The molecule has 0 radical (unpaired) electrons. The minimum atomic E-state index is 0.112. The molecule has 1 aromatic rings. The molecule has 0 fully saturated rings. The van der Waals surface area contributed by atoms with Crippen LogP contribution in [0.1, 0.15) is 38.2 Å². The predicted octanol–water partition coefficient (Wildman–Crippen LogP) is 3.81. The smallest absolute Gasteiger partial charge is 0.224 e. The first-order chi connectivity index (χ1) is 7.56. The summed E-state index contributed by atoms with van der Waals surface area (Å²) in [6.07, 6.45) is 1.60. The molecule has 0 bridgehead atoms. The van der Waals surface area contributed by atoms with Gasteiger partial charge in [0, 0.05) is 17.1 Å². The minimum absolute atomic E-state index is 0.112. The van der Waals surface area contributed by atoms with E-state index in [0.29, 0.717) is 18.3 Å². The van der Waals surface area contributed by atoms with Crippen molar-refractivity contribution in [1.82, 2.24) is 0 Å². The number of halogens is 1. The Balaban J connectivity index is 2.35. The highest BCUT2D eigenvalue weighted by atomic mass is 35.5. The van der Waals surface area contributed by atoms with Gasteiger partial charge in [0.15, 0.2) is 0 Å². The van der Waals surface area contributed by atoms with Gasteiger partial charge in [-0.25, -0.2) is 0 Å². The van der Waals surface area contributed by atoms with Crippen LogP contribution >= 0.6 is 11.6 Å². The van der Waals surface area contributed by atoms with Crippen LogP contribution in [0.4, 0.5) is 5.69 Å². The van der Waals surface area contributed by atoms with Gasteiger partial charge in [-0.05, 0) is 42.0 Å². The van der Waals surface area contributed by atoms with E-state index in [1.807, 2.05) is 18.2 Å². The number of carbonyl (C=O) groups is 1. The third-order valence-electron chi connectivity index (χ3n) is 2.92. The highest BCUT2D eigenvalue weighted by Crippen LogP contribution is 2.37. The van der Waals surface area contributed by atoms with Gasteiger partial charge in [0.25, 0.3) is 0 Å². The average molecular weight is 238 g/mol. The van der Waals surface area contributed by atoms with Crippen LogP contribution in [0.15, 0.2) is 18.2 Å². The second kappa shape index (κ2) is 4.46. The molecule has 2 rings (SSSR count). The normalized spacial score (nSPS) is 19.5. The second-order valence-corrected chi connectivity index (χ2v) is 5.25. The molecule has 0 aliphatic carbocycles. The number of carbonyl (C=O) groups excluding carboxylic acids is 1. The van der Waals surface area contributed by atoms with Crippen LogP contribution < -0.4 is 5.32 Å². The van der Waals surface area contributed by atoms with Gasteiger partial charge in [0.2, 0.25) is 5.91 Å². The first-order valence-electron chi connectivity index (χ1n) is 5.65. The number of rotatable bonds is 2. The van der Waals surface area contributed by atoms with Crippen molar-refractivity contribution in [3.8, 4) is 0 Å². The molecular weight excluding hydrogens is 222 g/mol. The Morgan fingerprint density at radius 3 is 2.94 bits per heavy atom. The van der Waals surface area contributed by atoms with Crippen molar-refractivity contribution in [3.05, 3.63) is 28.8 Å².